The minimum Gasteiger partial charge on any atom is -0.368 e. The third-order valence-corrected chi connectivity index (χ3v) is 6.16. The van der Waals surface area contributed by atoms with Crippen LogP contribution in [0.1, 0.15) is 31.9 Å². The molecule has 0 bridgehead atoms. The van der Waals surface area contributed by atoms with Crippen LogP contribution >= 0.6 is 0 Å². The maximum Gasteiger partial charge on any atom is 0.213 e. The largest absolute Gasteiger partial charge is 0.368 e. The number of rotatable bonds is 5. The van der Waals surface area contributed by atoms with E-state index in [9.17, 15) is 8.42 Å². The third kappa shape index (κ3) is 3.40. The molecular formula is C16H26N2O2S. The molecule has 0 radical (unpaired) electrons. The molecule has 5 heteroatoms. The van der Waals surface area contributed by atoms with Crippen LogP contribution in [0.15, 0.2) is 18.2 Å². The molecule has 0 atom stereocenters. The molecule has 1 heterocycles. The molecule has 1 aliphatic rings. The number of benzene rings is 1. The summed E-state index contributed by atoms with van der Waals surface area (Å²) < 4.78 is 25.5. The molecule has 0 amide bonds. The maximum atomic E-state index is 12.0. The number of para-hydroxylation sites is 1. The molecular weight excluding hydrogens is 284 g/mol. The highest BCUT2D eigenvalue weighted by molar-refractivity contribution is 7.89. The van der Waals surface area contributed by atoms with Crippen LogP contribution in [0.2, 0.25) is 0 Å². The van der Waals surface area contributed by atoms with Crippen molar-refractivity contribution in [3.05, 3.63) is 29.3 Å². The average molecular weight is 310 g/mol. The van der Waals surface area contributed by atoms with Gasteiger partial charge < -0.3 is 4.90 Å². The second-order valence-corrected chi connectivity index (χ2v) is 7.68. The SMILES string of the molecule is CCc1cccc(CC)c1N1CCN(S(=O)(=O)CC)CC1. The van der Waals surface area contributed by atoms with Crippen LogP contribution in [0.25, 0.3) is 0 Å². The smallest absolute Gasteiger partial charge is 0.213 e. The van der Waals surface area contributed by atoms with Crippen LogP contribution < -0.4 is 4.90 Å². The van der Waals surface area contributed by atoms with Crippen LogP contribution in [0.5, 0.6) is 0 Å². The molecule has 0 aliphatic carbocycles. The summed E-state index contributed by atoms with van der Waals surface area (Å²) in [5, 5.41) is 0. The molecule has 4 nitrogen and oxygen atoms in total. The summed E-state index contributed by atoms with van der Waals surface area (Å²) in [6.45, 7) is 8.82. The van der Waals surface area contributed by atoms with Crippen LogP contribution in [0.4, 0.5) is 5.69 Å². The maximum absolute atomic E-state index is 12.0. The molecule has 0 spiro atoms. The van der Waals surface area contributed by atoms with Crippen molar-refractivity contribution in [2.45, 2.75) is 33.6 Å². The first-order valence-electron chi connectivity index (χ1n) is 7.87. The fourth-order valence-electron chi connectivity index (χ4n) is 2.99. The van der Waals surface area contributed by atoms with Gasteiger partial charge in [-0.3, -0.25) is 0 Å². The van der Waals surface area contributed by atoms with E-state index in [1.807, 2.05) is 0 Å². The first-order valence-corrected chi connectivity index (χ1v) is 9.47. The van der Waals surface area contributed by atoms with Crippen molar-refractivity contribution in [3.8, 4) is 0 Å². The first kappa shape index (κ1) is 16.3. The van der Waals surface area contributed by atoms with Crippen LogP contribution in [-0.4, -0.2) is 44.7 Å². The number of hydrogen-bond donors (Lipinski definition) is 0. The molecule has 1 fully saturated rings. The molecule has 0 saturated carbocycles. The molecule has 118 valence electrons. The summed E-state index contributed by atoms with van der Waals surface area (Å²) in [5.74, 6) is 0.193. The zero-order valence-corrected chi connectivity index (χ0v) is 14.1. The van der Waals surface area contributed by atoms with Gasteiger partial charge in [-0.2, -0.15) is 4.31 Å². The molecule has 1 aliphatic heterocycles. The van der Waals surface area contributed by atoms with Crippen LogP contribution in [-0.2, 0) is 22.9 Å². The van der Waals surface area contributed by atoms with Crippen LogP contribution in [0.3, 0.4) is 0 Å². The average Bonchev–Trinajstić information content (AvgIpc) is 2.54. The Kier molecular flexibility index (Phi) is 5.27. The van der Waals surface area contributed by atoms with E-state index in [1.54, 1.807) is 11.2 Å². The minimum atomic E-state index is -3.05. The minimum absolute atomic E-state index is 0.193. The van der Waals surface area contributed by atoms with Crippen molar-refractivity contribution in [2.75, 3.05) is 36.8 Å². The summed E-state index contributed by atoms with van der Waals surface area (Å²) in [5.41, 5.74) is 4.05. The summed E-state index contributed by atoms with van der Waals surface area (Å²) in [6, 6.07) is 6.49. The lowest BCUT2D eigenvalue weighted by Crippen LogP contribution is -2.49. The van der Waals surface area contributed by atoms with Gasteiger partial charge in [-0.05, 0) is 30.9 Å². The Labute approximate surface area is 128 Å². The van der Waals surface area contributed by atoms with E-state index < -0.39 is 10.0 Å². The van der Waals surface area contributed by atoms with Gasteiger partial charge in [0.25, 0.3) is 0 Å². The number of aryl methyl sites for hydroxylation is 2. The Morgan fingerprint density at radius 2 is 1.48 bits per heavy atom. The predicted octanol–water partition coefficient (Wildman–Crippen LogP) is 2.28. The van der Waals surface area contributed by atoms with E-state index >= 15 is 0 Å². The van der Waals surface area contributed by atoms with Crippen molar-refractivity contribution in [1.82, 2.24) is 4.31 Å². The zero-order chi connectivity index (χ0) is 15.5. The topological polar surface area (TPSA) is 40.6 Å². The molecule has 1 aromatic rings. The predicted molar refractivity (Wildman–Crippen MR) is 88.4 cm³/mol. The van der Waals surface area contributed by atoms with E-state index in [2.05, 4.69) is 36.9 Å². The van der Waals surface area contributed by atoms with Gasteiger partial charge in [0.15, 0.2) is 0 Å². The highest BCUT2D eigenvalue weighted by atomic mass is 32.2. The summed E-state index contributed by atoms with van der Waals surface area (Å²) >= 11 is 0. The normalized spacial score (nSPS) is 17.2. The fourth-order valence-corrected chi connectivity index (χ4v) is 4.08. The van der Waals surface area contributed by atoms with E-state index in [1.165, 1.54) is 16.8 Å². The van der Waals surface area contributed by atoms with Crippen molar-refractivity contribution in [1.29, 1.82) is 0 Å². The van der Waals surface area contributed by atoms with Gasteiger partial charge in [0.05, 0.1) is 5.75 Å². The first-order chi connectivity index (χ1) is 10.0. The molecule has 0 unspecified atom stereocenters. The number of anilines is 1. The molecule has 0 aromatic heterocycles. The highest BCUT2D eigenvalue weighted by Crippen LogP contribution is 2.28. The van der Waals surface area contributed by atoms with Gasteiger partial charge in [-0.25, -0.2) is 8.42 Å². The Morgan fingerprint density at radius 3 is 1.90 bits per heavy atom. The quantitative estimate of drug-likeness (QED) is 0.838. The van der Waals surface area contributed by atoms with Gasteiger partial charge in [-0.1, -0.05) is 32.0 Å². The van der Waals surface area contributed by atoms with Gasteiger partial charge in [0.2, 0.25) is 10.0 Å². The Hall–Kier alpha value is -1.07. The summed E-state index contributed by atoms with van der Waals surface area (Å²) in [7, 11) is -3.05. The fraction of sp³-hybridized carbons (Fsp3) is 0.625. The number of nitrogens with zero attached hydrogens (tertiary/aromatic N) is 2. The second-order valence-electron chi connectivity index (χ2n) is 5.42. The van der Waals surface area contributed by atoms with Crippen molar-refractivity contribution in [2.24, 2.45) is 0 Å². The Morgan fingerprint density at radius 1 is 0.952 bits per heavy atom. The molecule has 1 saturated heterocycles. The third-order valence-electron chi connectivity index (χ3n) is 4.28. The Balaban J connectivity index is 2.20. The standard InChI is InChI=1S/C16H26N2O2S/c1-4-14-8-7-9-15(5-2)16(14)17-10-12-18(13-11-17)21(19,20)6-3/h7-9H,4-6,10-13H2,1-3H3. The summed E-state index contributed by atoms with van der Waals surface area (Å²) in [4.78, 5) is 2.36. The van der Waals surface area contributed by atoms with Crippen molar-refractivity contribution in [3.63, 3.8) is 0 Å². The zero-order valence-electron chi connectivity index (χ0n) is 13.3. The number of sulfonamides is 1. The van der Waals surface area contributed by atoms with Gasteiger partial charge >= 0.3 is 0 Å². The van der Waals surface area contributed by atoms with E-state index in [4.69, 9.17) is 0 Å². The van der Waals surface area contributed by atoms with Gasteiger partial charge in [0, 0.05) is 31.9 Å². The van der Waals surface area contributed by atoms with E-state index in [-0.39, 0.29) is 5.75 Å². The monoisotopic (exact) mass is 310 g/mol. The van der Waals surface area contributed by atoms with Crippen molar-refractivity contribution >= 4 is 15.7 Å². The lowest BCUT2D eigenvalue weighted by molar-refractivity contribution is 0.385. The van der Waals surface area contributed by atoms with E-state index in [0.29, 0.717) is 13.1 Å². The number of piperazine rings is 1. The van der Waals surface area contributed by atoms with Crippen molar-refractivity contribution < 1.29 is 8.42 Å². The molecule has 21 heavy (non-hydrogen) atoms. The molecule has 1 aromatic carbocycles. The van der Waals surface area contributed by atoms with Gasteiger partial charge in [-0.15, -0.1) is 0 Å². The molecule has 2 rings (SSSR count). The highest BCUT2D eigenvalue weighted by Gasteiger charge is 2.26. The lowest BCUT2D eigenvalue weighted by Gasteiger charge is -2.37. The molecule has 0 N–H and O–H groups in total. The van der Waals surface area contributed by atoms with Crippen LogP contribution in [0, 0.1) is 0 Å². The van der Waals surface area contributed by atoms with E-state index in [0.717, 1.165) is 25.9 Å². The van der Waals surface area contributed by atoms with Gasteiger partial charge in [0.1, 0.15) is 0 Å². The summed E-state index contributed by atoms with van der Waals surface area (Å²) in [6.07, 6.45) is 2.02. The number of hydrogen-bond acceptors (Lipinski definition) is 3. The lowest BCUT2D eigenvalue weighted by atomic mass is 10.0. The second kappa shape index (κ2) is 6.79. The Bertz CT molecular complexity index is 554.